The van der Waals surface area contributed by atoms with Gasteiger partial charge in [0.1, 0.15) is 5.82 Å². The first-order valence-electron chi connectivity index (χ1n) is 5.38. The third-order valence-electron chi connectivity index (χ3n) is 2.68. The number of halogens is 1. The van der Waals surface area contributed by atoms with Gasteiger partial charge in [-0.1, -0.05) is 12.1 Å². The molecule has 0 unspecified atom stereocenters. The van der Waals surface area contributed by atoms with E-state index in [0.717, 1.165) is 10.2 Å². The molecule has 0 amide bonds. The van der Waals surface area contributed by atoms with Crippen LogP contribution in [0.3, 0.4) is 0 Å². The van der Waals surface area contributed by atoms with Gasteiger partial charge in [0, 0.05) is 11.8 Å². The molecule has 0 spiro atoms. The van der Waals surface area contributed by atoms with E-state index in [9.17, 15) is 9.18 Å². The maximum absolute atomic E-state index is 13.5. The van der Waals surface area contributed by atoms with Gasteiger partial charge in [-0.3, -0.25) is 9.78 Å². The molecule has 0 fully saturated rings. The second-order valence-corrected chi connectivity index (χ2v) is 4.78. The van der Waals surface area contributed by atoms with Crippen molar-refractivity contribution in [1.82, 2.24) is 4.98 Å². The van der Waals surface area contributed by atoms with Crippen LogP contribution in [0, 0.1) is 5.82 Å². The smallest absolute Gasteiger partial charge is 0.197 e. The number of pyridine rings is 1. The van der Waals surface area contributed by atoms with E-state index in [1.807, 2.05) is 11.4 Å². The average Bonchev–Trinajstić information content (AvgIpc) is 2.85. The van der Waals surface area contributed by atoms with Gasteiger partial charge in [-0.2, -0.15) is 0 Å². The second-order valence-electron chi connectivity index (χ2n) is 3.84. The molecule has 0 N–H and O–H groups in total. The zero-order valence-electron chi connectivity index (χ0n) is 9.26. The second kappa shape index (κ2) is 4.31. The quantitative estimate of drug-likeness (QED) is 0.656. The highest BCUT2D eigenvalue weighted by atomic mass is 32.1. The maximum atomic E-state index is 13.5. The van der Waals surface area contributed by atoms with Gasteiger partial charge in [0.25, 0.3) is 0 Å². The van der Waals surface area contributed by atoms with Gasteiger partial charge in [0.2, 0.25) is 0 Å². The summed E-state index contributed by atoms with van der Waals surface area (Å²) in [6.45, 7) is 0. The Kier molecular flexibility index (Phi) is 2.64. The first-order valence-corrected chi connectivity index (χ1v) is 6.26. The minimum Gasteiger partial charge on any atom is -0.288 e. The van der Waals surface area contributed by atoms with Crippen molar-refractivity contribution >= 4 is 27.3 Å². The molecule has 18 heavy (non-hydrogen) atoms. The summed E-state index contributed by atoms with van der Waals surface area (Å²) < 4.78 is 14.5. The molecule has 2 aromatic heterocycles. The predicted octanol–water partition coefficient (Wildman–Crippen LogP) is 3.67. The van der Waals surface area contributed by atoms with Crippen molar-refractivity contribution in [1.29, 1.82) is 0 Å². The molecule has 0 saturated carbocycles. The lowest BCUT2D eigenvalue weighted by atomic mass is 10.0. The SMILES string of the molecule is O=C(c1cnc2ccsc2c1)c1ccccc1F. The normalized spacial score (nSPS) is 10.7. The van der Waals surface area contributed by atoms with E-state index in [4.69, 9.17) is 0 Å². The molecule has 3 rings (SSSR count). The van der Waals surface area contributed by atoms with Crippen molar-refractivity contribution in [2.45, 2.75) is 0 Å². The summed E-state index contributed by atoms with van der Waals surface area (Å²) in [5.41, 5.74) is 1.34. The van der Waals surface area contributed by atoms with Gasteiger partial charge in [0.05, 0.1) is 15.8 Å². The van der Waals surface area contributed by atoms with E-state index in [-0.39, 0.29) is 11.3 Å². The first kappa shape index (κ1) is 11.0. The van der Waals surface area contributed by atoms with Crippen LogP contribution in [0.1, 0.15) is 15.9 Å². The molecule has 88 valence electrons. The Labute approximate surface area is 107 Å². The Balaban J connectivity index is 2.09. The standard InChI is InChI=1S/C14H8FNOS/c15-11-4-2-1-3-10(11)14(17)9-7-13-12(16-8-9)5-6-18-13/h1-8H. The zero-order valence-corrected chi connectivity index (χ0v) is 10.1. The molecule has 2 nitrogen and oxygen atoms in total. The van der Waals surface area contributed by atoms with Crippen LogP contribution in [0.5, 0.6) is 0 Å². The molecule has 0 saturated heterocycles. The Morgan fingerprint density at radius 2 is 2.06 bits per heavy atom. The van der Waals surface area contributed by atoms with Crippen molar-refractivity contribution < 1.29 is 9.18 Å². The molecule has 4 heteroatoms. The maximum Gasteiger partial charge on any atom is 0.197 e. The molecule has 0 atom stereocenters. The Bertz CT molecular complexity index is 735. The summed E-state index contributed by atoms with van der Waals surface area (Å²) in [6.07, 6.45) is 1.49. The number of carbonyl (C=O) groups excluding carboxylic acids is 1. The third kappa shape index (κ3) is 1.80. The van der Waals surface area contributed by atoms with Gasteiger partial charge in [-0.15, -0.1) is 11.3 Å². The van der Waals surface area contributed by atoms with Gasteiger partial charge >= 0.3 is 0 Å². The van der Waals surface area contributed by atoms with Crippen LogP contribution in [-0.4, -0.2) is 10.8 Å². The number of thiophene rings is 1. The van der Waals surface area contributed by atoms with E-state index in [1.54, 1.807) is 18.2 Å². The molecule has 0 bridgehead atoms. The largest absolute Gasteiger partial charge is 0.288 e. The molecular formula is C14H8FNOS. The summed E-state index contributed by atoms with van der Waals surface area (Å²) in [6, 6.07) is 9.61. The fourth-order valence-electron chi connectivity index (χ4n) is 1.77. The van der Waals surface area contributed by atoms with Gasteiger partial charge in [0.15, 0.2) is 5.78 Å². The van der Waals surface area contributed by atoms with Crippen LogP contribution in [0.25, 0.3) is 10.2 Å². The zero-order chi connectivity index (χ0) is 12.5. The number of ketones is 1. The Morgan fingerprint density at radius 1 is 1.22 bits per heavy atom. The number of fused-ring (bicyclic) bond motifs is 1. The molecule has 0 aliphatic rings. The summed E-state index contributed by atoms with van der Waals surface area (Å²) in [7, 11) is 0. The van der Waals surface area contributed by atoms with Crippen LogP contribution in [0.2, 0.25) is 0 Å². The van der Waals surface area contributed by atoms with Gasteiger partial charge in [-0.25, -0.2) is 4.39 Å². The lowest BCUT2D eigenvalue weighted by Gasteiger charge is -2.02. The van der Waals surface area contributed by atoms with Crippen LogP contribution in [0.4, 0.5) is 4.39 Å². The Morgan fingerprint density at radius 3 is 2.89 bits per heavy atom. The minimum absolute atomic E-state index is 0.0789. The number of benzene rings is 1. The van der Waals surface area contributed by atoms with Crippen LogP contribution < -0.4 is 0 Å². The fraction of sp³-hybridized carbons (Fsp3) is 0. The van der Waals surface area contributed by atoms with E-state index >= 15 is 0 Å². The molecule has 3 aromatic rings. The number of rotatable bonds is 2. The lowest BCUT2D eigenvalue weighted by molar-refractivity contribution is 0.103. The molecule has 1 aromatic carbocycles. The highest BCUT2D eigenvalue weighted by molar-refractivity contribution is 7.17. The number of hydrogen-bond acceptors (Lipinski definition) is 3. The first-order chi connectivity index (χ1) is 8.75. The average molecular weight is 257 g/mol. The topological polar surface area (TPSA) is 30.0 Å². The summed E-state index contributed by atoms with van der Waals surface area (Å²) in [5, 5.41) is 1.91. The van der Waals surface area contributed by atoms with Crippen molar-refractivity contribution in [2.75, 3.05) is 0 Å². The van der Waals surface area contributed by atoms with E-state index in [1.165, 1.54) is 29.7 Å². The van der Waals surface area contributed by atoms with Crippen LogP contribution >= 0.6 is 11.3 Å². The van der Waals surface area contributed by atoms with Crippen LogP contribution in [0.15, 0.2) is 48.0 Å². The summed E-state index contributed by atoms with van der Waals surface area (Å²) in [5.74, 6) is -0.843. The fourth-order valence-corrected chi connectivity index (χ4v) is 2.55. The number of nitrogens with zero attached hydrogens (tertiary/aromatic N) is 1. The van der Waals surface area contributed by atoms with E-state index in [2.05, 4.69) is 4.98 Å². The van der Waals surface area contributed by atoms with E-state index < -0.39 is 5.82 Å². The van der Waals surface area contributed by atoms with E-state index in [0.29, 0.717) is 5.56 Å². The highest BCUT2D eigenvalue weighted by Gasteiger charge is 2.14. The van der Waals surface area contributed by atoms with Crippen molar-refractivity contribution in [2.24, 2.45) is 0 Å². The molecule has 0 aliphatic carbocycles. The lowest BCUT2D eigenvalue weighted by Crippen LogP contribution is -2.04. The van der Waals surface area contributed by atoms with Gasteiger partial charge < -0.3 is 0 Å². The summed E-state index contributed by atoms with van der Waals surface area (Å²) in [4.78, 5) is 16.3. The van der Waals surface area contributed by atoms with Crippen molar-refractivity contribution in [3.05, 3.63) is 64.9 Å². The number of carbonyl (C=O) groups is 1. The predicted molar refractivity (Wildman–Crippen MR) is 69.5 cm³/mol. The third-order valence-corrected chi connectivity index (χ3v) is 3.54. The van der Waals surface area contributed by atoms with Crippen molar-refractivity contribution in [3.63, 3.8) is 0 Å². The highest BCUT2D eigenvalue weighted by Crippen LogP contribution is 2.21. The minimum atomic E-state index is -0.506. The number of hydrogen-bond donors (Lipinski definition) is 0. The van der Waals surface area contributed by atoms with Crippen LogP contribution in [-0.2, 0) is 0 Å². The molecule has 0 aliphatic heterocycles. The summed E-state index contributed by atoms with van der Waals surface area (Å²) >= 11 is 1.51. The monoisotopic (exact) mass is 257 g/mol. The van der Waals surface area contributed by atoms with Gasteiger partial charge in [-0.05, 0) is 29.6 Å². The van der Waals surface area contributed by atoms with Crippen molar-refractivity contribution in [3.8, 4) is 0 Å². The molecule has 2 heterocycles. The number of aromatic nitrogens is 1. The molecular weight excluding hydrogens is 249 g/mol. The molecule has 0 radical (unpaired) electrons. The Hall–Kier alpha value is -2.07.